The summed E-state index contributed by atoms with van der Waals surface area (Å²) >= 11 is 0. The van der Waals surface area contributed by atoms with Gasteiger partial charge in [-0.1, -0.05) is 66.7 Å². The predicted octanol–water partition coefficient (Wildman–Crippen LogP) is 11.4. The molecule has 7 aromatic heterocycles. The molecule has 5 aromatic carbocycles. The van der Waals surface area contributed by atoms with Gasteiger partial charge >= 0.3 is 0 Å². The topological polar surface area (TPSA) is 105 Å². The maximum absolute atomic E-state index is 5.20. The third kappa shape index (κ3) is 7.55. The first-order valence-electron chi connectivity index (χ1n) is 20.5. The molecule has 7 heterocycles. The molecule has 1 radical (unpaired) electrons. The van der Waals surface area contributed by atoms with Gasteiger partial charge in [0.1, 0.15) is 34.0 Å². The van der Waals surface area contributed by atoms with Crippen LogP contribution in [-0.4, -0.2) is 48.6 Å². The number of imidazole rings is 3. The number of hydrogen-bond acceptors (Lipinski definition) is 7. The molecule has 0 unspecified atom stereocenters. The first-order chi connectivity index (χ1) is 31.3. The molecule has 0 fully saturated rings. The van der Waals surface area contributed by atoms with Crippen molar-refractivity contribution in [1.29, 1.82) is 0 Å². The second-order valence-electron chi connectivity index (χ2n) is 14.6. The molecule has 0 amide bonds. The van der Waals surface area contributed by atoms with E-state index in [9.17, 15) is 0 Å². The summed E-state index contributed by atoms with van der Waals surface area (Å²) in [5, 5.41) is 0. The second-order valence-corrected chi connectivity index (χ2v) is 14.6. The Morgan fingerprint density at radius 3 is 1.08 bits per heavy atom. The summed E-state index contributed by atoms with van der Waals surface area (Å²) in [4.78, 5) is 34.2. The average Bonchev–Trinajstić information content (AvgIpc) is 4.08. The van der Waals surface area contributed by atoms with Crippen molar-refractivity contribution in [3.05, 3.63) is 219 Å². The zero-order valence-corrected chi connectivity index (χ0v) is 36.4. The van der Waals surface area contributed by atoms with Gasteiger partial charge in [0.25, 0.3) is 0 Å². The van der Waals surface area contributed by atoms with Crippen LogP contribution in [-0.2, 0) is 20.1 Å². The molecule has 0 saturated carbocycles. The van der Waals surface area contributed by atoms with E-state index in [0.29, 0.717) is 0 Å². The Balaban J connectivity index is 0.000000323. The molecule has 0 aliphatic carbocycles. The Labute approximate surface area is 381 Å². The molecular weight excluding hydrogens is 969 g/mol. The number of nitrogens with zero attached hydrogens (tertiary/aromatic N) is 10. The van der Waals surface area contributed by atoms with Crippen LogP contribution < -0.4 is 0 Å². The summed E-state index contributed by atoms with van der Waals surface area (Å²) in [5.74, 6) is 2.25. The van der Waals surface area contributed by atoms with Crippen LogP contribution in [0.15, 0.2) is 213 Å². The maximum atomic E-state index is 5.20. The van der Waals surface area contributed by atoms with Crippen molar-refractivity contribution >= 4 is 33.5 Å². The van der Waals surface area contributed by atoms with Crippen molar-refractivity contribution in [2.45, 2.75) is 0 Å². The normalized spacial score (nSPS) is 11.0. The van der Waals surface area contributed by atoms with E-state index in [1.807, 2.05) is 133 Å². The summed E-state index contributed by atoms with van der Waals surface area (Å²) in [6, 6.07) is 65.7. The van der Waals surface area contributed by atoms with Crippen molar-refractivity contribution in [2.24, 2.45) is 0 Å². The number of hydrogen-bond donors (Lipinski definition) is 0. The molecule has 64 heavy (non-hydrogen) atoms. The average molecular weight is 1000 g/mol. The van der Waals surface area contributed by atoms with E-state index in [0.717, 1.165) is 96.0 Å². The van der Waals surface area contributed by atoms with E-state index in [-0.39, 0.29) is 20.1 Å². The number of benzene rings is 5. The fraction of sp³-hybridized carbons (Fsp3) is 0. The van der Waals surface area contributed by atoms with Crippen molar-refractivity contribution in [3.8, 4) is 62.5 Å². The number of fused-ring (bicyclic) bond motifs is 3. The molecule has 0 aliphatic rings. The Bertz CT molecular complexity index is 3140. The van der Waals surface area contributed by atoms with Gasteiger partial charge in [-0.3, -0.25) is 13.7 Å². The van der Waals surface area contributed by atoms with E-state index in [4.69, 9.17) is 29.9 Å². The molecule has 0 atom stereocenters. The van der Waals surface area contributed by atoms with Gasteiger partial charge in [0.05, 0.1) is 0 Å². The molecule has 0 spiro atoms. The third-order valence-electron chi connectivity index (χ3n) is 10.6. The molecule has 0 aliphatic heterocycles. The van der Waals surface area contributed by atoms with Gasteiger partial charge in [0.2, 0.25) is 0 Å². The smallest absolute Gasteiger partial charge is 0.164 e. The van der Waals surface area contributed by atoms with Gasteiger partial charge < -0.3 is 4.98 Å². The zero-order valence-electron chi connectivity index (χ0n) is 34.0. The van der Waals surface area contributed by atoms with Crippen LogP contribution in [0.3, 0.4) is 0 Å². The first-order valence-corrected chi connectivity index (χ1v) is 20.5. The fourth-order valence-electron chi connectivity index (χ4n) is 7.87. The largest absolute Gasteiger partial charge is 0.305 e. The first kappa shape index (κ1) is 39.9. The van der Waals surface area contributed by atoms with E-state index in [2.05, 4.69) is 79.3 Å². The minimum absolute atomic E-state index is 0. The Morgan fingerprint density at radius 1 is 0.344 bits per heavy atom. The summed E-state index contributed by atoms with van der Waals surface area (Å²) in [5.41, 5.74) is 12.2. The van der Waals surface area contributed by atoms with Gasteiger partial charge in [0, 0.05) is 78.6 Å². The molecule has 0 saturated heterocycles. The quantitative estimate of drug-likeness (QED) is 0.146. The number of para-hydroxylation sites is 3. The number of rotatable bonds is 7. The van der Waals surface area contributed by atoms with E-state index < -0.39 is 0 Å². The van der Waals surface area contributed by atoms with Crippen LogP contribution in [0, 0.1) is 6.07 Å². The van der Waals surface area contributed by atoms with Crippen LogP contribution in [0.1, 0.15) is 0 Å². The van der Waals surface area contributed by atoms with Crippen molar-refractivity contribution in [3.63, 3.8) is 0 Å². The minimum Gasteiger partial charge on any atom is -0.305 e. The summed E-state index contributed by atoms with van der Waals surface area (Å²) in [7, 11) is 0. The zero-order chi connectivity index (χ0) is 42.0. The summed E-state index contributed by atoms with van der Waals surface area (Å²) < 4.78 is 6.34. The van der Waals surface area contributed by atoms with Crippen molar-refractivity contribution in [2.75, 3.05) is 0 Å². The predicted molar refractivity (Wildman–Crippen MR) is 249 cm³/mol. The van der Waals surface area contributed by atoms with Gasteiger partial charge in [0.15, 0.2) is 16.9 Å². The summed E-state index contributed by atoms with van der Waals surface area (Å²) in [6.07, 6.45) is 7.20. The van der Waals surface area contributed by atoms with Crippen LogP contribution in [0.4, 0.5) is 0 Å². The van der Waals surface area contributed by atoms with Gasteiger partial charge in [-0.05, 0) is 103 Å². The molecule has 11 heteroatoms. The summed E-state index contributed by atoms with van der Waals surface area (Å²) in [6.45, 7) is 0. The maximum Gasteiger partial charge on any atom is 0.164 e. The van der Waals surface area contributed by atoms with Gasteiger partial charge in [-0.25, -0.2) is 29.9 Å². The number of pyridine rings is 4. The van der Waals surface area contributed by atoms with E-state index in [1.54, 1.807) is 24.8 Å². The molecule has 12 aromatic rings. The van der Waals surface area contributed by atoms with Gasteiger partial charge in [-0.2, -0.15) is 0 Å². The van der Waals surface area contributed by atoms with Crippen molar-refractivity contribution < 1.29 is 20.1 Å². The molecule has 12 rings (SSSR count). The second kappa shape index (κ2) is 17.6. The van der Waals surface area contributed by atoms with Crippen LogP contribution in [0.2, 0.25) is 0 Å². The van der Waals surface area contributed by atoms with E-state index in [1.165, 1.54) is 0 Å². The molecule has 307 valence electrons. The van der Waals surface area contributed by atoms with Crippen molar-refractivity contribution in [1.82, 2.24) is 48.6 Å². The van der Waals surface area contributed by atoms with Crippen LogP contribution >= 0.6 is 0 Å². The minimum atomic E-state index is 0. The molecule has 0 N–H and O–H groups in total. The Kier molecular flexibility index (Phi) is 11.0. The SMILES string of the molecule is [Ir].[c-]1ccccc1-c1ccccn1.c1ccc(-n2c(-c3cc(-c4nc5cccnc5n4-c4ccccc4)cc(-c4nc5cccnc5n4-c4ccccc4)c3)nc3cccnc32)cc1. The van der Waals surface area contributed by atoms with Crippen LogP contribution in [0.25, 0.3) is 96.0 Å². The Morgan fingerprint density at radius 2 is 0.719 bits per heavy atom. The molecule has 0 bridgehead atoms. The fourth-order valence-corrected chi connectivity index (χ4v) is 7.87. The van der Waals surface area contributed by atoms with E-state index >= 15 is 0 Å². The van der Waals surface area contributed by atoms with Crippen LogP contribution in [0.5, 0.6) is 0 Å². The monoisotopic (exact) mass is 1000 g/mol. The van der Waals surface area contributed by atoms with Gasteiger partial charge in [-0.15, -0.1) is 35.9 Å². The molecular formula is C53H35IrN10-. The Hall–Kier alpha value is -8.24. The third-order valence-corrected chi connectivity index (χ3v) is 10.6. The standard InChI is InChI=1S/C42H27N9.C11H8N.Ir/c1-4-13-31(14-5-1)49-37(46-34-19-10-22-43-40(34)49)28-25-29(38-47-35-20-11-23-44-41(35)50(38)32-15-6-2-7-16-32)27-30(26-28)39-48-36-21-12-24-45-42(36)51(39)33-17-8-3-9-18-33;1-2-6-10(7-3-1)11-8-4-5-9-12-11;/h1-27H;1-6,8-9H;/q;-1;. The number of aromatic nitrogens is 10. The molecule has 10 nitrogen and oxygen atoms in total.